The molecule has 22 heavy (non-hydrogen) atoms. The minimum Gasteiger partial charge on any atom is -0.478 e. The van der Waals surface area contributed by atoms with Crippen LogP contribution < -0.4 is 0 Å². The van der Waals surface area contributed by atoms with Crippen LogP contribution in [0.15, 0.2) is 49.1 Å². The van der Waals surface area contributed by atoms with Crippen molar-refractivity contribution in [1.82, 2.24) is 4.90 Å². The van der Waals surface area contributed by atoms with Crippen LogP contribution in [0.5, 0.6) is 0 Å². The first-order valence-corrected chi connectivity index (χ1v) is 7.49. The average Bonchev–Trinajstić information content (AvgIpc) is 2.89. The van der Waals surface area contributed by atoms with E-state index in [2.05, 4.69) is 6.58 Å². The molecular weight excluding hydrogens is 302 g/mol. The van der Waals surface area contributed by atoms with E-state index in [4.69, 9.17) is 16.7 Å². The van der Waals surface area contributed by atoms with E-state index in [0.717, 1.165) is 24.5 Å². The van der Waals surface area contributed by atoms with Gasteiger partial charge in [0.05, 0.1) is 12.1 Å². The van der Waals surface area contributed by atoms with Gasteiger partial charge < -0.3 is 10.0 Å². The van der Waals surface area contributed by atoms with Gasteiger partial charge in [-0.05, 0) is 30.5 Å². The highest BCUT2D eigenvalue weighted by atomic mass is 35.5. The van der Waals surface area contributed by atoms with Crippen LogP contribution in [-0.4, -0.2) is 27.9 Å². The normalized spacial score (nSPS) is 21.2. The quantitative estimate of drug-likeness (QED) is 0.666. The zero-order chi connectivity index (χ0) is 16.1. The van der Waals surface area contributed by atoms with Gasteiger partial charge in [0, 0.05) is 17.5 Å². The number of benzene rings is 1. The monoisotopic (exact) mass is 319 g/mol. The lowest BCUT2D eigenvalue weighted by Gasteiger charge is -2.29. The third-order valence-corrected chi connectivity index (χ3v) is 3.97. The highest BCUT2D eigenvalue weighted by molar-refractivity contribution is 6.30. The molecule has 1 saturated heterocycles. The molecule has 2 rings (SSSR count). The fourth-order valence-corrected chi connectivity index (χ4v) is 3.05. The van der Waals surface area contributed by atoms with Crippen LogP contribution in [0.1, 0.15) is 30.9 Å². The van der Waals surface area contributed by atoms with Crippen molar-refractivity contribution in [1.29, 1.82) is 0 Å². The number of rotatable bonds is 5. The van der Waals surface area contributed by atoms with E-state index >= 15 is 0 Å². The lowest BCUT2D eigenvalue weighted by molar-refractivity contribution is -0.133. The van der Waals surface area contributed by atoms with Crippen LogP contribution in [0.4, 0.5) is 0 Å². The second-order valence-electron chi connectivity index (χ2n) is 5.21. The van der Waals surface area contributed by atoms with Crippen molar-refractivity contribution < 1.29 is 14.7 Å². The number of carboxylic acid groups (broad SMARTS) is 1. The Morgan fingerprint density at radius 3 is 2.82 bits per heavy atom. The molecule has 0 saturated carbocycles. The Bertz CT molecular complexity index is 612. The average molecular weight is 320 g/mol. The van der Waals surface area contributed by atoms with Crippen molar-refractivity contribution in [2.45, 2.75) is 31.3 Å². The molecule has 0 bridgehead atoms. The Morgan fingerprint density at radius 1 is 1.41 bits per heavy atom. The third kappa shape index (κ3) is 3.77. The summed E-state index contributed by atoms with van der Waals surface area (Å²) in [4.78, 5) is 24.9. The van der Waals surface area contributed by atoms with Crippen molar-refractivity contribution >= 4 is 23.5 Å². The maximum Gasteiger partial charge on any atom is 0.328 e. The smallest absolute Gasteiger partial charge is 0.328 e. The molecule has 1 fully saturated rings. The van der Waals surface area contributed by atoms with E-state index < -0.39 is 5.97 Å². The molecule has 1 aromatic rings. The van der Waals surface area contributed by atoms with Crippen LogP contribution in [0, 0.1) is 0 Å². The van der Waals surface area contributed by atoms with Gasteiger partial charge in [0.1, 0.15) is 0 Å². The second-order valence-corrected chi connectivity index (χ2v) is 5.64. The predicted octanol–water partition coefficient (Wildman–Crippen LogP) is 3.59. The molecule has 1 aromatic carbocycles. The summed E-state index contributed by atoms with van der Waals surface area (Å²) in [5.41, 5.74) is 0.969. The Hall–Kier alpha value is -2.07. The lowest BCUT2D eigenvalue weighted by Crippen LogP contribution is -2.36. The predicted molar refractivity (Wildman–Crippen MR) is 85.7 cm³/mol. The summed E-state index contributed by atoms with van der Waals surface area (Å²) < 4.78 is 0. The molecular formula is C17H18ClNO3. The molecule has 0 aromatic heterocycles. The topological polar surface area (TPSA) is 57.6 Å². The van der Waals surface area contributed by atoms with E-state index in [1.807, 2.05) is 18.2 Å². The molecule has 1 aliphatic heterocycles. The van der Waals surface area contributed by atoms with Crippen molar-refractivity contribution in [3.63, 3.8) is 0 Å². The first kappa shape index (κ1) is 16.3. The first-order valence-electron chi connectivity index (χ1n) is 7.11. The van der Waals surface area contributed by atoms with Crippen LogP contribution in [0.3, 0.4) is 0 Å². The summed E-state index contributed by atoms with van der Waals surface area (Å²) in [6.45, 7) is 3.60. The number of aliphatic carboxylic acids is 1. The third-order valence-electron chi connectivity index (χ3n) is 3.73. The van der Waals surface area contributed by atoms with Gasteiger partial charge in [-0.25, -0.2) is 4.79 Å². The van der Waals surface area contributed by atoms with Crippen molar-refractivity contribution in [2.24, 2.45) is 0 Å². The minimum absolute atomic E-state index is 0.0579. The van der Waals surface area contributed by atoms with Gasteiger partial charge in [-0.2, -0.15) is 0 Å². The molecule has 1 N–H and O–H groups in total. The summed E-state index contributed by atoms with van der Waals surface area (Å²) in [5.74, 6) is -1.07. The highest BCUT2D eigenvalue weighted by Gasteiger charge is 2.35. The summed E-state index contributed by atoms with van der Waals surface area (Å²) in [6.07, 6.45) is 5.97. The van der Waals surface area contributed by atoms with Gasteiger partial charge in [0.2, 0.25) is 5.91 Å². The zero-order valence-electron chi connectivity index (χ0n) is 12.1. The second kappa shape index (κ2) is 7.27. The molecule has 2 atom stereocenters. The summed E-state index contributed by atoms with van der Waals surface area (Å²) in [5, 5.41) is 9.42. The summed E-state index contributed by atoms with van der Waals surface area (Å²) in [7, 11) is 0. The fourth-order valence-electron chi connectivity index (χ4n) is 2.85. The largest absolute Gasteiger partial charge is 0.478 e. The maximum absolute atomic E-state index is 12.4. The Kier molecular flexibility index (Phi) is 5.39. The van der Waals surface area contributed by atoms with Crippen molar-refractivity contribution in [3.8, 4) is 0 Å². The number of nitrogens with zero attached hydrogens (tertiary/aromatic N) is 1. The number of carbonyl (C=O) groups excluding carboxylic acids is 1. The molecule has 5 heteroatoms. The number of likely N-dealkylation sites (tertiary alicyclic amines) is 1. The van der Waals surface area contributed by atoms with E-state index in [0.29, 0.717) is 5.02 Å². The van der Waals surface area contributed by atoms with Gasteiger partial charge in [-0.3, -0.25) is 4.79 Å². The zero-order valence-corrected chi connectivity index (χ0v) is 12.9. The van der Waals surface area contributed by atoms with E-state index in [1.165, 1.54) is 0 Å². The summed E-state index contributed by atoms with van der Waals surface area (Å²) >= 11 is 6.04. The number of hydrogen-bond donors (Lipinski definition) is 1. The number of hydrogen-bond acceptors (Lipinski definition) is 2. The number of carbonyl (C=O) groups is 2. The fraction of sp³-hybridized carbons (Fsp3) is 0.294. The van der Waals surface area contributed by atoms with Gasteiger partial charge in [-0.15, -0.1) is 6.58 Å². The first-order chi connectivity index (χ1) is 10.5. The van der Waals surface area contributed by atoms with Gasteiger partial charge in [0.25, 0.3) is 0 Å². The molecule has 0 radical (unpaired) electrons. The molecule has 0 aliphatic carbocycles. The summed E-state index contributed by atoms with van der Waals surface area (Å²) in [6, 6.07) is 7.13. The molecule has 1 aliphatic rings. The van der Waals surface area contributed by atoms with E-state index in [-0.39, 0.29) is 24.4 Å². The van der Waals surface area contributed by atoms with Crippen molar-refractivity contribution in [2.75, 3.05) is 0 Å². The van der Waals surface area contributed by atoms with Gasteiger partial charge in [0.15, 0.2) is 0 Å². The van der Waals surface area contributed by atoms with Crippen LogP contribution >= 0.6 is 11.6 Å². The molecule has 1 heterocycles. The van der Waals surface area contributed by atoms with Gasteiger partial charge in [-0.1, -0.05) is 35.9 Å². The Labute approximate surface area is 134 Å². The molecule has 4 nitrogen and oxygen atoms in total. The Balaban J connectivity index is 2.30. The molecule has 0 spiro atoms. The molecule has 0 unspecified atom stereocenters. The SMILES string of the molecule is C=CCC(=O)N1[C@@H](/C=C/C(=O)O)CC[C@H]1c1cccc(Cl)c1. The Morgan fingerprint density at radius 2 is 2.18 bits per heavy atom. The maximum atomic E-state index is 12.4. The number of halogens is 1. The number of amides is 1. The standard InChI is InChI=1S/C17H18ClNO3/c1-2-4-16(20)19-14(8-10-17(21)22)7-9-15(19)12-5-3-6-13(18)11-12/h2-3,5-6,8,10-11,14-15H,1,4,7,9H2,(H,21,22)/b10-8+/t14-,15+/m1/s1. The van der Waals surface area contributed by atoms with Gasteiger partial charge >= 0.3 is 5.97 Å². The van der Waals surface area contributed by atoms with Crippen LogP contribution in [0.2, 0.25) is 5.02 Å². The van der Waals surface area contributed by atoms with Crippen LogP contribution in [0.25, 0.3) is 0 Å². The van der Waals surface area contributed by atoms with Crippen LogP contribution in [-0.2, 0) is 9.59 Å². The number of carboxylic acids is 1. The van der Waals surface area contributed by atoms with E-state index in [9.17, 15) is 9.59 Å². The molecule has 116 valence electrons. The van der Waals surface area contributed by atoms with Crippen molar-refractivity contribution in [3.05, 3.63) is 59.7 Å². The molecule has 1 amide bonds. The highest BCUT2D eigenvalue weighted by Crippen LogP contribution is 2.37. The minimum atomic E-state index is -1.01. The van der Waals surface area contributed by atoms with E-state index in [1.54, 1.807) is 23.1 Å². The lowest BCUT2D eigenvalue weighted by atomic mass is 10.0.